The highest BCUT2D eigenvalue weighted by atomic mass is 35.5. The maximum atomic E-state index is 12.9. The van der Waals surface area contributed by atoms with Crippen molar-refractivity contribution in [1.82, 2.24) is 4.90 Å². The van der Waals surface area contributed by atoms with Crippen molar-refractivity contribution in [1.29, 1.82) is 0 Å². The molecule has 3 aliphatic heterocycles. The summed E-state index contributed by atoms with van der Waals surface area (Å²) in [5.41, 5.74) is 0.350. The molecule has 1 unspecified atom stereocenters. The minimum Gasteiger partial charge on any atom is -0.347 e. The second kappa shape index (κ2) is 6.52. The number of piperidine rings is 1. The van der Waals surface area contributed by atoms with E-state index < -0.39 is 11.8 Å². The summed E-state index contributed by atoms with van der Waals surface area (Å²) in [5.74, 6) is -1.01. The van der Waals surface area contributed by atoms with Crippen molar-refractivity contribution in [2.75, 3.05) is 31.2 Å². The molecule has 1 atom stereocenters. The second-order valence-corrected chi connectivity index (χ2v) is 7.37. The summed E-state index contributed by atoms with van der Waals surface area (Å²) >= 11 is 12.2. The Hall–Kier alpha value is -1.18. The van der Waals surface area contributed by atoms with E-state index in [2.05, 4.69) is 0 Å². The molecule has 1 aromatic carbocycles. The molecule has 0 aromatic heterocycles. The van der Waals surface area contributed by atoms with Gasteiger partial charge in [-0.25, -0.2) is 4.90 Å². The summed E-state index contributed by atoms with van der Waals surface area (Å²) in [7, 11) is 0. The normalized spacial score (nSPS) is 26.8. The fraction of sp³-hybridized carbons (Fsp3) is 0.529. The average molecular weight is 385 g/mol. The van der Waals surface area contributed by atoms with Crippen molar-refractivity contribution in [2.45, 2.75) is 31.1 Å². The Labute approximate surface area is 155 Å². The summed E-state index contributed by atoms with van der Waals surface area (Å²) in [4.78, 5) is 28.6. The van der Waals surface area contributed by atoms with E-state index in [1.807, 2.05) is 4.90 Å². The SMILES string of the molecule is O=C1CC(N2CCC3(CC2)OCCO3)C(=O)N1c1cc(Cl)ccc1Cl. The lowest BCUT2D eigenvalue weighted by molar-refractivity contribution is -0.188. The van der Waals surface area contributed by atoms with Gasteiger partial charge in [-0.05, 0) is 18.2 Å². The number of carbonyl (C=O) groups is 2. The number of hydrogen-bond donors (Lipinski definition) is 0. The van der Waals surface area contributed by atoms with Crippen LogP contribution in [0.1, 0.15) is 19.3 Å². The van der Waals surface area contributed by atoms with E-state index in [0.29, 0.717) is 54.9 Å². The lowest BCUT2D eigenvalue weighted by atomic mass is 10.0. The van der Waals surface area contributed by atoms with Crippen LogP contribution in [0, 0.1) is 0 Å². The van der Waals surface area contributed by atoms with Crippen LogP contribution in [-0.2, 0) is 19.1 Å². The summed E-state index contributed by atoms with van der Waals surface area (Å²) in [6, 6.07) is 4.29. The highest BCUT2D eigenvalue weighted by Gasteiger charge is 2.47. The maximum absolute atomic E-state index is 12.9. The Kier molecular flexibility index (Phi) is 4.50. The monoisotopic (exact) mass is 384 g/mol. The molecule has 0 N–H and O–H groups in total. The molecule has 3 heterocycles. The Balaban J connectivity index is 1.51. The van der Waals surface area contributed by atoms with E-state index in [1.54, 1.807) is 18.2 Å². The van der Waals surface area contributed by atoms with Crippen LogP contribution < -0.4 is 4.90 Å². The van der Waals surface area contributed by atoms with Gasteiger partial charge in [-0.15, -0.1) is 0 Å². The van der Waals surface area contributed by atoms with Crippen LogP contribution in [0.15, 0.2) is 18.2 Å². The summed E-state index contributed by atoms with van der Waals surface area (Å²) < 4.78 is 11.4. The first-order valence-corrected chi connectivity index (χ1v) is 9.08. The van der Waals surface area contributed by atoms with E-state index in [0.717, 1.165) is 4.90 Å². The lowest BCUT2D eigenvalue weighted by Gasteiger charge is -2.39. The number of hydrogen-bond acceptors (Lipinski definition) is 5. The largest absolute Gasteiger partial charge is 0.347 e. The van der Waals surface area contributed by atoms with Crippen molar-refractivity contribution in [3.63, 3.8) is 0 Å². The molecule has 0 radical (unpaired) electrons. The van der Waals surface area contributed by atoms with Gasteiger partial charge in [0.25, 0.3) is 5.91 Å². The van der Waals surface area contributed by atoms with Crippen LogP contribution in [0.2, 0.25) is 10.0 Å². The number of carbonyl (C=O) groups excluding carboxylic acids is 2. The van der Waals surface area contributed by atoms with Crippen LogP contribution in [0.3, 0.4) is 0 Å². The van der Waals surface area contributed by atoms with Crippen molar-refractivity contribution < 1.29 is 19.1 Å². The molecule has 2 amide bonds. The number of halogens is 2. The number of amides is 2. The molecule has 3 saturated heterocycles. The third-order valence-electron chi connectivity index (χ3n) is 5.09. The fourth-order valence-corrected chi connectivity index (χ4v) is 4.14. The Morgan fingerprint density at radius 1 is 1.08 bits per heavy atom. The smallest absolute Gasteiger partial charge is 0.251 e. The predicted octanol–water partition coefficient (Wildman–Crippen LogP) is 2.46. The third kappa shape index (κ3) is 3.06. The molecule has 0 bridgehead atoms. The molecular formula is C17H18Cl2N2O4. The zero-order valence-corrected chi connectivity index (χ0v) is 15.1. The molecule has 1 spiro atoms. The molecule has 6 nitrogen and oxygen atoms in total. The van der Waals surface area contributed by atoms with E-state index in [1.165, 1.54) is 0 Å². The number of anilines is 1. The van der Waals surface area contributed by atoms with E-state index in [9.17, 15) is 9.59 Å². The molecule has 25 heavy (non-hydrogen) atoms. The summed E-state index contributed by atoms with van der Waals surface area (Å²) in [5, 5.41) is 0.760. The predicted molar refractivity (Wildman–Crippen MR) is 92.8 cm³/mol. The van der Waals surface area contributed by atoms with Gasteiger partial charge in [0, 0.05) is 31.0 Å². The first kappa shape index (κ1) is 17.2. The van der Waals surface area contributed by atoms with Crippen LogP contribution in [0.25, 0.3) is 0 Å². The van der Waals surface area contributed by atoms with Gasteiger partial charge in [0.15, 0.2) is 5.79 Å². The number of ether oxygens (including phenoxy) is 2. The molecule has 4 rings (SSSR count). The molecular weight excluding hydrogens is 367 g/mol. The first-order chi connectivity index (χ1) is 12.0. The highest BCUT2D eigenvalue weighted by Crippen LogP contribution is 2.36. The van der Waals surface area contributed by atoms with E-state index in [4.69, 9.17) is 32.7 Å². The second-order valence-electron chi connectivity index (χ2n) is 6.53. The van der Waals surface area contributed by atoms with Gasteiger partial charge in [0.2, 0.25) is 5.91 Å². The maximum Gasteiger partial charge on any atom is 0.251 e. The van der Waals surface area contributed by atoms with Gasteiger partial charge in [-0.1, -0.05) is 23.2 Å². The fourth-order valence-electron chi connectivity index (χ4n) is 3.77. The number of imide groups is 1. The number of likely N-dealkylation sites (tertiary alicyclic amines) is 1. The van der Waals surface area contributed by atoms with Gasteiger partial charge in [0.1, 0.15) is 0 Å². The number of benzene rings is 1. The van der Waals surface area contributed by atoms with Crippen molar-refractivity contribution in [2.24, 2.45) is 0 Å². The Morgan fingerprint density at radius 3 is 2.44 bits per heavy atom. The first-order valence-electron chi connectivity index (χ1n) is 8.33. The standard InChI is InChI=1S/C17H18Cl2N2O4/c18-11-1-2-12(19)13(9-11)21-15(22)10-14(16(21)23)20-5-3-17(4-6-20)24-7-8-25-17/h1-2,9,14H,3-8,10H2. The molecule has 0 aliphatic carbocycles. The Bertz CT molecular complexity index is 711. The highest BCUT2D eigenvalue weighted by molar-refractivity contribution is 6.37. The summed E-state index contributed by atoms with van der Waals surface area (Å²) in [6.45, 7) is 2.53. The van der Waals surface area contributed by atoms with Gasteiger partial charge in [-0.2, -0.15) is 0 Å². The van der Waals surface area contributed by atoms with Gasteiger partial charge >= 0.3 is 0 Å². The van der Waals surface area contributed by atoms with Crippen molar-refractivity contribution in [3.05, 3.63) is 28.2 Å². The summed E-state index contributed by atoms with van der Waals surface area (Å²) in [6.07, 6.45) is 1.54. The van der Waals surface area contributed by atoms with Gasteiger partial charge in [-0.3, -0.25) is 14.5 Å². The van der Waals surface area contributed by atoms with Crippen LogP contribution >= 0.6 is 23.2 Å². The molecule has 3 fully saturated rings. The molecule has 134 valence electrons. The lowest BCUT2D eigenvalue weighted by Crippen LogP contribution is -2.51. The topological polar surface area (TPSA) is 59.1 Å². The van der Waals surface area contributed by atoms with Gasteiger partial charge < -0.3 is 9.47 Å². The minimum absolute atomic E-state index is 0.149. The zero-order valence-electron chi connectivity index (χ0n) is 13.5. The van der Waals surface area contributed by atoms with Crippen molar-refractivity contribution in [3.8, 4) is 0 Å². The quantitative estimate of drug-likeness (QED) is 0.733. The zero-order chi connectivity index (χ0) is 17.6. The van der Waals surface area contributed by atoms with Crippen LogP contribution in [-0.4, -0.2) is 54.8 Å². The molecule has 3 aliphatic rings. The van der Waals surface area contributed by atoms with Crippen molar-refractivity contribution >= 4 is 40.7 Å². The molecule has 0 saturated carbocycles. The van der Waals surface area contributed by atoms with E-state index in [-0.39, 0.29) is 18.2 Å². The number of nitrogens with zero attached hydrogens (tertiary/aromatic N) is 2. The average Bonchev–Trinajstić information content (AvgIpc) is 3.16. The number of rotatable bonds is 2. The molecule has 8 heteroatoms. The Morgan fingerprint density at radius 2 is 1.76 bits per heavy atom. The van der Waals surface area contributed by atoms with Gasteiger partial charge in [0.05, 0.1) is 36.4 Å². The minimum atomic E-state index is -0.502. The van der Waals surface area contributed by atoms with Crippen LogP contribution in [0.4, 0.5) is 5.69 Å². The molecule has 1 aromatic rings. The third-order valence-corrected chi connectivity index (χ3v) is 5.64. The van der Waals surface area contributed by atoms with Crippen LogP contribution in [0.5, 0.6) is 0 Å². The van der Waals surface area contributed by atoms with E-state index >= 15 is 0 Å².